The Labute approximate surface area is 116 Å². The molecule has 1 aliphatic rings. The van der Waals surface area contributed by atoms with Crippen LogP contribution in [0.2, 0.25) is 0 Å². The van der Waals surface area contributed by atoms with Crippen LogP contribution in [0.1, 0.15) is 40.0 Å². The first-order valence-electron chi connectivity index (χ1n) is 7.15. The lowest BCUT2D eigenvalue weighted by Crippen LogP contribution is -2.52. The molecule has 1 rings (SSSR count). The van der Waals surface area contributed by atoms with Crippen LogP contribution in [-0.4, -0.2) is 60.4 Å². The molecule has 2 N–H and O–H groups in total. The van der Waals surface area contributed by atoms with Crippen LogP contribution < -0.4 is 5.32 Å². The van der Waals surface area contributed by atoms with E-state index in [9.17, 15) is 9.90 Å². The first kappa shape index (κ1) is 16.4. The fraction of sp³-hybridized carbons (Fsp3) is 0.929. The number of carboxylic acids is 1. The highest BCUT2D eigenvalue weighted by Crippen LogP contribution is 2.24. The first-order chi connectivity index (χ1) is 8.83. The van der Waals surface area contributed by atoms with Gasteiger partial charge >= 0.3 is 5.97 Å². The molecule has 19 heavy (non-hydrogen) atoms. The van der Waals surface area contributed by atoms with Crippen LogP contribution in [0, 0.1) is 0 Å². The van der Waals surface area contributed by atoms with Gasteiger partial charge in [0.05, 0.1) is 12.7 Å². The summed E-state index contributed by atoms with van der Waals surface area (Å²) in [6.07, 6.45) is 3.05. The molecule has 1 atom stereocenters. The van der Waals surface area contributed by atoms with Gasteiger partial charge in [-0.25, -0.2) is 0 Å². The van der Waals surface area contributed by atoms with E-state index < -0.39 is 11.5 Å². The summed E-state index contributed by atoms with van der Waals surface area (Å²) < 4.78 is 5.49. The van der Waals surface area contributed by atoms with E-state index in [0.29, 0.717) is 19.1 Å². The number of nitrogens with one attached hydrogen (secondary N) is 1. The summed E-state index contributed by atoms with van der Waals surface area (Å²) in [7, 11) is 2.00. The van der Waals surface area contributed by atoms with Gasteiger partial charge in [0.25, 0.3) is 0 Å². The van der Waals surface area contributed by atoms with Gasteiger partial charge in [0.1, 0.15) is 5.54 Å². The normalized spacial score (nSPS) is 18.8. The quantitative estimate of drug-likeness (QED) is 0.628. The molecule has 0 radical (unpaired) electrons. The van der Waals surface area contributed by atoms with Crippen molar-refractivity contribution in [3.05, 3.63) is 0 Å². The molecule has 5 nitrogen and oxygen atoms in total. The van der Waals surface area contributed by atoms with E-state index in [0.717, 1.165) is 25.9 Å². The highest BCUT2D eigenvalue weighted by molar-refractivity contribution is 5.78. The van der Waals surface area contributed by atoms with Crippen molar-refractivity contribution in [2.45, 2.75) is 57.7 Å². The molecule has 0 aromatic carbocycles. The van der Waals surface area contributed by atoms with Gasteiger partial charge in [-0.3, -0.25) is 10.1 Å². The Bertz CT molecular complexity index is 292. The van der Waals surface area contributed by atoms with Crippen LogP contribution in [0.3, 0.4) is 0 Å². The van der Waals surface area contributed by atoms with Gasteiger partial charge < -0.3 is 14.7 Å². The third-order valence-corrected chi connectivity index (χ3v) is 3.49. The summed E-state index contributed by atoms with van der Waals surface area (Å²) in [5.41, 5.74) is -0.811. The monoisotopic (exact) mass is 272 g/mol. The summed E-state index contributed by atoms with van der Waals surface area (Å²) >= 11 is 0. The second-order valence-corrected chi connectivity index (χ2v) is 6.03. The van der Waals surface area contributed by atoms with E-state index in [-0.39, 0.29) is 6.10 Å². The van der Waals surface area contributed by atoms with E-state index in [4.69, 9.17) is 4.74 Å². The average Bonchev–Trinajstić information content (AvgIpc) is 3.09. The molecule has 1 saturated carbocycles. The molecule has 0 saturated heterocycles. The highest BCUT2D eigenvalue weighted by Gasteiger charge is 2.38. The Balaban J connectivity index is 2.28. The van der Waals surface area contributed by atoms with Crippen molar-refractivity contribution in [2.75, 3.05) is 26.7 Å². The number of carbonyl (C=O) groups is 1. The number of hydrogen-bond acceptors (Lipinski definition) is 4. The van der Waals surface area contributed by atoms with Gasteiger partial charge in [-0.15, -0.1) is 0 Å². The van der Waals surface area contributed by atoms with Crippen LogP contribution in [0.15, 0.2) is 0 Å². The van der Waals surface area contributed by atoms with Gasteiger partial charge in [0, 0.05) is 19.1 Å². The second kappa shape index (κ2) is 7.22. The molecule has 0 amide bonds. The van der Waals surface area contributed by atoms with Crippen LogP contribution in [0.25, 0.3) is 0 Å². The maximum atomic E-state index is 11.4. The van der Waals surface area contributed by atoms with E-state index in [2.05, 4.69) is 10.2 Å². The second-order valence-electron chi connectivity index (χ2n) is 6.03. The molecular formula is C14H28N2O3. The van der Waals surface area contributed by atoms with Gasteiger partial charge in [0.2, 0.25) is 0 Å². The summed E-state index contributed by atoms with van der Waals surface area (Å²) in [6, 6.07) is 0.399. The van der Waals surface area contributed by atoms with Crippen LogP contribution in [0.4, 0.5) is 0 Å². The summed E-state index contributed by atoms with van der Waals surface area (Å²) in [4.78, 5) is 13.5. The molecule has 0 heterocycles. The zero-order valence-electron chi connectivity index (χ0n) is 12.6. The Morgan fingerprint density at radius 2 is 2.11 bits per heavy atom. The topological polar surface area (TPSA) is 61.8 Å². The smallest absolute Gasteiger partial charge is 0.323 e. The van der Waals surface area contributed by atoms with Gasteiger partial charge in [0.15, 0.2) is 0 Å². The molecule has 0 aromatic heterocycles. The average molecular weight is 272 g/mol. The third-order valence-electron chi connectivity index (χ3n) is 3.49. The van der Waals surface area contributed by atoms with Crippen molar-refractivity contribution in [2.24, 2.45) is 0 Å². The SMILES string of the molecule is CC(C)OCCN(C)CCC(C)(NC1CC1)C(=O)O. The lowest BCUT2D eigenvalue weighted by atomic mass is 9.97. The summed E-state index contributed by atoms with van der Waals surface area (Å²) in [5.74, 6) is -0.758. The van der Waals surface area contributed by atoms with Gasteiger partial charge in [-0.1, -0.05) is 0 Å². The van der Waals surface area contributed by atoms with E-state index in [1.165, 1.54) is 0 Å². The minimum Gasteiger partial charge on any atom is -0.480 e. The molecule has 112 valence electrons. The Kier molecular flexibility index (Phi) is 6.23. The van der Waals surface area contributed by atoms with Gasteiger partial charge in [-0.05, 0) is 47.1 Å². The molecule has 0 aliphatic heterocycles. The summed E-state index contributed by atoms with van der Waals surface area (Å²) in [6.45, 7) is 8.09. The lowest BCUT2D eigenvalue weighted by Gasteiger charge is -2.29. The molecule has 0 aromatic rings. The van der Waals surface area contributed by atoms with Crippen LogP contribution >= 0.6 is 0 Å². The van der Waals surface area contributed by atoms with E-state index in [1.807, 2.05) is 20.9 Å². The number of likely N-dealkylation sites (N-methyl/N-ethyl adjacent to an activating group) is 1. The van der Waals surface area contributed by atoms with E-state index in [1.54, 1.807) is 6.92 Å². The number of ether oxygens (including phenoxy) is 1. The largest absolute Gasteiger partial charge is 0.480 e. The highest BCUT2D eigenvalue weighted by atomic mass is 16.5. The number of rotatable bonds is 10. The van der Waals surface area contributed by atoms with Crippen LogP contribution in [-0.2, 0) is 9.53 Å². The maximum Gasteiger partial charge on any atom is 0.323 e. The van der Waals surface area contributed by atoms with Crippen molar-refractivity contribution in [1.29, 1.82) is 0 Å². The minimum absolute atomic E-state index is 0.245. The zero-order valence-corrected chi connectivity index (χ0v) is 12.6. The Hall–Kier alpha value is -0.650. The molecule has 1 fully saturated rings. The maximum absolute atomic E-state index is 11.4. The van der Waals surface area contributed by atoms with Gasteiger partial charge in [-0.2, -0.15) is 0 Å². The lowest BCUT2D eigenvalue weighted by molar-refractivity contribution is -0.144. The van der Waals surface area contributed by atoms with Crippen molar-refractivity contribution in [3.8, 4) is 0 Å². The van der Waals surface area contributed by atoms with E-state index >= 15 is 0 Å². The predicted octanol–water partition coefficient (Wildman–Crippen LogP) is 1.33. The molecule has 0 spiro atoms. The Morgan fingerprint density at radius 3 is 2.58 bits per heavy atom. The number of hydrogen-bond donors (Lipinski definition) is 2. The standard InChI is InChI=1S/C14H28N2O3/c1-11(2)19-10-9-16(4)8-7-14(3,13(17)18)15-12-5-6-12/h11-12,15H,5-10H2,1-4H3,(H,17,18). The molecule has 1 aliphatic carbocycles. The molecule has 0 bridgehead atoms. The fourth-order valence-electron chi connectivity index (χ4n) is 1.89. The summed E-state index contributed by atoms with van der Waals surface area (Å²) in [5, 5.41) is 12.6. The predicted molar refractivity (Wildman–Crippen MR) is 75.4 cm³/mol. The molecular weight excluding hydrogens is 244 g/mol. The Morgan fingerprint density at radius 1 is 1.47 bits per heavy atom. The minimum atomic E-state index is -0.811. The number of carboxylic acid groups (broad SMARTS) is 1. The van der Waals surface area contributed by atoms with Crippen molar-refractivity contribution in [3.63, 3.8) is 0 Å². The molecule has 1 unspecified atom stereocenters. The first-order valence-corrected chi connectivity index (χ1v) is 7.15. The van der Waals surface area contributed by atoms with Crippen LogP contribution in [0.5, 0.6) is 0 Å². The number of nitrogens with zero attached hydrogens (tertiary/aromatic N) is 1. The zero-order chi connectivity index (χ0) is 14.5. The number of aliphatic carboxylic acids is 1. The van der Waals surface area contributed by atoms with Crippen molar-refractivity contribution in [1.82, 2.24) is 10.2 Å². The molecule has 5 heteroatoms. The van der Waals surface area contributed by atoms with Crippen molar-refractivity contribution < 1.29 is 14.6 Å². The fourth-order valence-corrected chi connectivity index (χ4v) is 1.89. The third kappa shape index (κ3) is 6.36. The van der Waals surface area contributed by atoms with Crippen molar-refractivity contribution >= 4 is 5.97 Å².